The molecule has 2 aromatic carbocycles. The molecule has 0 radical (unpaired) electrons. The second-order valence-electron chi connectivity index (χ2n) is 8.46. The molecule has 0 saturated carbocycles. The number of ketones is 1. The molecule has 2 heterocycles. The number of rotatable bonds is 4. The Kier molecular flexibility index (Phi) is 5.02. The maximum absolute atomic E-state index is 13.4. The van der Waals surface area contributed by atoms with Gasteiger partial charge in [-0.05, 0) is 43.2 Å². The highest BCUT2D eigenvalue weighted by Gasteiger charge is 2.23. The molecule has 0 unspecified atom stereocenters. The van der Waals surface area contributed by atoms with Gasteiger partial charge in [0.15, 0.2) is 5.16 Å². The SMILES string of the molecule is Cc1cccc(-n2c(=O)c3ccccc3n3c(SCC(=O)C(C)(C)C)nnc23)c1C. The van der Waals surface area contributed by atoms with Crippen LogP contribution in [0, 0.1) is 19.3 Å². The lowest BCUT2D eigenvalue weighted by atomic mass is 9.92. The number of aromatic nitrogens is 4. The largest absolute Gasteiger partial charge is 0.298 e. The number of carbonyl (C=O) groups excluding carboxylic acids is 1. The van der Waals surface area contributed by atoms with Crippen molar-refractivity contribution < 1.29 is 4.79 Å². The molecular formula is C23H24N4O2S. The Morgan fingerprint density at radius 3 is 2.50 bits per heavy atom. The number of carbonyl (C=O) groups is 1. The topological polar surface area (TPSA) is 69.3 Å². The van der Waals surface area contributed by atoms with Crippen LogP contribution >= 0.6 is 11.8 Å². The summed E-state index contributed by atoms with van der Waals surface area (Å²) >= 11 is 1.35. The maximum Gasteiger partial charge on any atom is 0.267 e. The molecule has 0 bridgehead atoms. The van der Waals surface area contributed by atoms with Crippen molar-refractivity contribution in [3.8, 4) is 5.69 Å². The second kappa shape index (κ2) is 7.40. The minimum absolute atomic E-state index is 0.136. The third kappa shape index (κ3) is 3.33. The minimum atomic E-state index is -0.420. The normalized spacial score (nSPS) is 12.0. The molecule has 0 aliphatic heterocycles. The molecule has 0 N–H and O–H groups in total. The molecule has 6 nitrogen and oxygen atoms in total. The quantitative estimate of drug-likeness (QED) is 0.459. The Balaban J connectivity index is 1.99. The molecule has 30 heavy (non-hydrogen) atoms. The fourth-order valence-electron chi connectivity index (χ4n) is 3.31. The van der Waals surface area contributed by atoms with Gasteiger partial charge in [0, 0.05) is 5.41 Å². The van der Waals surface area contributed by atoms with Crippen LogP contribution in [-0.2, 0) is 4.79 Å². The van der Waals surface area contributed by atoms with Gasteiger partial charge in [0.1, 0.15) is 5.78 Å². The fraction of sp³-hybridized carbons (Fsp3) is 0.304. The Labute approximate surface area is 178 Å². The Hall–Kier alpha value is -2.93. The highest BCUT2D eigenvalue weighted by Crippen LogP contribution is 2.26. The summed E-state index contributed by atoms with van der Waals surface area (Å²) in [5, 5.41) is 9.88. The van der Waals surface area contributed by atoms with Gasteiger partial charge in [0.05, 0.1) is 22.3 Å². The van der Waals surface area contributed by atoms with Gasteiger partial charge < -0.3 is 0 Å². The van der Waals surface area contributed by atoms with Gasteiger partial charge in [-0.25, -0.2) is 4.57 Å². The van der Waals surface area contributed by atoms with Crippen molar-refractivity contribution in [1.82, 2.24) is 19.2 Å². The number of hydrogen-bond donors (Lipinski definition) is 0. The van der Waals surface area contributed by atoms with Crippen molar-refractivity contribution in [2.75, 3.05) is 5.75 Å². The molecule has 0 saturated heterocycles. The smallest absolute Gasteiger partial charge is 0.267 e. The van der Waals surface area contributed by atoms with Gasteiger partial charge in [0.2, 0.25) is 5.78 Å². The summed E-state index contributed by atoms with van der Waals surface area (Å²) in [4.78, 5) is 25.9. The first kappa shape index (κ1) is 20.3. The van der Waals surface area contributed by atoms with Crippen LogP contribution in [0.15, 0.2) is 52.4 Å². The first-order valence-electron chi connectivity index (χ1n) is 9.81. The second-order valence-corrected chi connectivity index (χ2v) is 9.40. The van der Waals surface area contributed by atoms with Crippen LogP contribution in [0.25, 0.3) is 22.4 Å². The number of aryl methyl sites for hydroxylation is 1. The van der Waals surface area contributed by atoms with Crippen LogP contribution in [0.5, 0.6) is 0 Å². The molecule has 4 aromatic rings. The Morgan fingerprint density at radius 2 is 1.77 bits per heavy atom. The van der Waals surface area contributed by atoms with Crippen molar-refractivity contribution in [3.63, 3.8) is 0 Å². The molecule has 0 amide bonds. The average Bonchev–Trinajstić information content (AvgIpc) is 3.12. The summed E-state index contributed by atoms with van der Waals surface area (Å²) in [5.74, 6) is 0.871. The van der Waals surface area contributed by atoms with Crippen LogP contribution in [0.4, 0.5) is 0 Å². The zero-order chi connectivity index (χ0) is 21.6. The van der Waals surface area contributed by atoms with Crippen LogP contribution in [0.1, 0.15) is 31.9 Å². The molecule has 4 rings (SSSR count). The van der Waals surface area contributed by atoms with E-state index in [0.717, 1.165) is 22.3 Å². The van der Waals surface area contributed by atoms with Gasteiger partial charge >= 0.3 is 0 Å². The predicted molar refractivity (Wildman–Crippen MR) is 121 cm³/mol. The zero-order valence-electron chi connectivity index (χ0n) is 17.8. The lowest BCUT2D eigenvalue weighted by molar-refractivity contribution is -0.123. The van der Waals surface area contributed by atoms with Gasteiger partial charge in [-0.1, -0.05) is 56.8 Å². The Morgan fingerprint density at radius 1 is 1.03 bits per heavy atom. The zero-order valence-corrected chi connectivity index (χ0v) is 18.6. The van der Waals surface area contributed by atoms with Gasteiger partial charge in [-0.3, -0.25) is 14.0 Å². The van der Waals surface area contributed by atoms with Crippen LogP contribution in [0.3, 0.4) is 0 Å². The number of fused-ring (bicyclic) bond motifs is 3. The standard InChI is InChI=1S/C23H24N4O2S/c1-14-9-8-12-17(15(14)2)26-20(29)16-10-6-7-11-18(16)27-21(26)24-25-22(27)30-13-19(28)23(3,4)5/h6-12H,13H2,1-5H3. The molecule has 0 aliphatic carbocycles. The lowest BCUT2D eigenvalue weighted by Crippen LogP contribution is -2.23. The van der Waals surface area contributed by atoms with Crippen molar-refractivity contribution in [2.24, 2.45) is 5.41 Å². The van der Waals surface area contributed by atoms with Crippen LogP contribution < -0.4 is 5.56 Å². The highest BCUT2D eigenvalue weighted by atomic mass is 32.2. The number of Topliss-reactive ketones (excluding diaryl/α,β-unsaturated/α-hetero) is 1. The van der Waals surface area contributed by atoms with E-state index < -0.39 is 5.41 Å². The number of thioether (sulfide) groups is 1. The monoisotopic (exact) mass is 420 g/mol. The van der Waals surface area contributed by atoms with Gasteiger partial charge in [-0.15, -0.1) is 10.2 Å². The number of hydrogen-bond acceptors (Lipinski definition) is 5. The molecule has 7 heteroatoms. The van der Waals surface area contributed by atoms with E-state index in [1.165, 1.54) is 11.8 Å². The van der Waals surface area contributed by atoms with Crippen LogP contribution in [0.2, 0.25) is 0 Å². The van der Waals surface area contributed by atoms with E-state index in [2.05, 4.69) is 10.2 Å². The molecule has 0 fully saturated rings. The fourth-order valence-corrected chi connectivity index (χ4v) is 4.41. The summed E-state index contributed by atoms with van der Waals surface area (Å²) in [6, 6.07) is 13.3. The van der Waals surface area contributed by atoms with E-state index in [1.54, 1.807) is 4.57 Å². The van der Waals surface area contributed by atoms with E-state index in [-0.39, 0.29) is 11.3 Å². The lowest BCUT2D eigenvalue weighted by Gasteiger charge is -2.16. The van der Waals surface area contributed by atoms with E-state index in [1.807, 2.05) is 81.5 Å². The number of para-hydroxylation sites is 1. The first-order valence-corrected chi connectivity index (χ1v) is 10.8. The average molecular weight is 421 g/mol. The first-order chi connectivity index (χ1) is 14.2. The molecule has 0 atom stereocenters. The van der Waals surface area contributed by atoms with Crippen molar-refractivity contribution in [3.05, 3.63) is 63.9 Å². The highest BCUT2D eigenvalue weighted by molar-refractivity contribution is 7.99. The van der Waals surface area contributed by atoms with Crippen molar-refractivity contribution >= 4 is 34.2 Å². The van der Waals surface area contributed by atoms with Crippen molar-refractivity contribution in [1.29, 1.82) is 0 Å². The predicted octanol–water partition coefficient (Wildman–Crippen LogP) is 4.36. The summed E-state index contributed by atoms with van der Waals surface area (Å²) in [5.41, 5.74) is 3.06. The van der Waals surface area contributed by atoms with Crippen molar-refractivity contribution in [2.45, 2.75) is 39.8 Å². The summed E-state index contributed by atoms with van der Waals surface area (Å²) in [6.07, 6.45) is 0. The van der Waals surface area contributed by atoms with E-state index in [9.17, 15) is 9.59 Å². The molecule has 2 aromatic heterocycles. The molecule has 0 aliphatic rings. The molecular weight excluding hydrogens is 396 g/mol. The van der Waals surface area contributed by atoms with E-state index in [0.29, 0.717) is 22.1 Å². The summed E-state index contributed by atoms with van der Waals surface area (Å²) < 4.78 is 3.49. The third-order valence-electron chi connectivity index (χ3n) is 5.38. The summed E-state index contributed by atoms with van der Waals surface area (Å²) in [6.45, 7) is 9.74. The number of nitrogens with zero attached hydrogens (tertiary/aromatic N) is 4. The summed E-state index contributed by atoms with van der Waals surface area (Å²) in [7, 11) is 0. The van der Waals surface area contributed by atoms with Gasteiger partial charge in [-0.2, -0.15) is 0 Å². The van der Waals surface area contributed by atoms with Gasteiger partial charge in [0.25, 0.3) is 5.56 Å². The van der Waals surface area contributed by atoms with Crippen LogP contribution in [-0.4, -0.2) is 30.7 Å². The van der Waals surface area contributed by atoms with E-state index >= 15 is 0 Å². The maximum atomic E-state index is 13.4. The Bertz CT molecular complexity index is 1350. The number of benzene rings is 2. The van der Waals surface area contributed by atoms with E-state index in [4.69, 9.17) is 0 Å². The minimum Gasteiger partial charge on any atom is -0.298 e. The third-order valence-corrected chi connectivity index (χ3v) is 6.31. The molecule has 0 spiro atoms. The molecule has 154 valence electrons.